The molecule has 0 aliphatic rings. The average Bonchev–Trinajstić information content (AvgIpc) is 2.92. The zero-order chi connectivity index (χ0) is 15.7. The number of methoxy groups -OCH3 is 1. The van der Waals surface area contributed by atoms with E-state index in [0.717, 1.165) is 23.8 Å². The number of nitrogens with zero attached hydrogens (tertiary/aromatic N) is 1. The topological polar surface area (TPSA) is 30.7 Å². The summed E-state index contributed by atoms with van der Waals surface area (Å²) in [6.45, 7) is 2.06. The number of aldehydes is 1. The number of carbonyl (C=O) groups excluding carboxylic acids is 1. The zero-order valence-electron chi connectivity index (χ0n) is 12.5. The second-order valence-electron chi connectivity index (χ2n) is 5.10. The summed E-state index contributed by atoms with van der Waals surface area (Å²) in [5.74, 6) is -0.255. The van der Waals surface area contributed by atoms with Crippen LogP contribution in [0.25, 0.3) is 16.6 Å². The molecule has 0 radical (unpaired) electrons. The van der Waals surface area contributed by atoms with E-state index in [1.165, 1.54) is 13.2 Å². The van der Waals surface area contributed by atoms with Gasteiger partial charge in [0.05, 0.1) is 12.8 Å². The highest BCUT2D eigenvalue weighted by atomic mass is 19.1. The van der Waals surface area contributed by atoms with Crippen molar-refractivity contribution < 1.29 is 13.9 Å². The number of pyridine rings is 1. The summed E-state index contributed by atoms with van der Waals surface area (Å²) in [4.78, 5) is 11.5. The Morgan fingerprint density at radius 3 is 2.68 bits per heavy atom. The van der Waals surface area contributed by atoms with Gasteiger partial charge in [-0.25, -0.2) is 4.39 Å². The highest BCUT2D eigenvalue weighted by Gasteiger charge is 2.13. The molecule has 0 saturated carbocycles. The molecule has 1 aromatic carbocycles. The van der Waals surface area contributed by atoms with E-state index in [1.54, 1.807) is 12.1 Å². The van der Waals surface area contributed by atoms with Crippen molar-refractivity contribution in [3.63, 3.8) is 0 Å². The summed E-state index contributed by atoms with van der Waals surface area (Å²) in [6, 6.07) is 10.6. The van der Waals surface area contributed by atoms with Crippen LogP contribution in [0.1, 0.15) is 23.0 Å². The molecule has 0 aliphatic carbocycles. The van der Waals surface area contributed by atoms with Gasteiger partial charge in [-0.2, -0.15) is 0 Å². The van der Waals surface area contributed by atoms with Crippen LogP contribution in [0.3, 0.4) is 0 Å². The second kappa shape index (κ2) is 5.64. The molecule has 2 aromatic heterocycles. The van der Waals surface area contributed by atoms with Crippen molar-refractivity contribution in [1.82, 2.24) is 4.40 Å². The van der Waals surface area contributed by atoms with E-state index in [-0.39, 0.29) is 5.75 Å². The van der Waals surface area contributed by atoms with E-state index in [0.29, 0.717) is 16.8 Å². The minimum Gasteiger partial charge on any atom is -0.494 e. The summed E-state index contributed by atoms with van der Waals surface area (Å²) >= 11 is 0. The lowest BCUT2D eigenvalue weighted by Gasteiger charge is -2.05. The quantitative estimate of drug-likeness (QED) is 0.678. The Kier molecular flexibility index (Phi) is 3.67. The number of aromatic nitrogens is 1. The van der Waals surface area contributed by atoms with Crippen molar-refractivity contribution in [1.29, 1.82) is 0 Å². The van der Waals surface area contributed by atoms with Crippen LogP contribution in [0.15, 0.2) is 42.6 Å². The SMILES string of the molecule is CCc1ccc2cc(-c3ccc(OC)c(F)c3)c(C=O)n2c1. The first-order valence-electron chi connectivity index (χ1n) is 7.11. The lowest BCUT2D eigenvalue weighted by molar-refractivity contribution is 0.111. The summed E-state index contributed by atoms with van der Waals surface area (Å²) in [5.41, 5.74) is 3.94. The van der Waals surface area contributed by atoms with Gasteiger partial charge in [0.2, 0.25) is 0 Å². The first-order chi connectivity index (χ1) is 10.7. The predicted octanol–water partition coefficient (Wildman–Crippen LogP) is 4.13. The number of hydrogen-bond donors (Lipinski definition) is 0. The second-order valence-corrected chi connectivity index (χ2v) is 5.10. The third-order valence-electron chi connectivity index (χ3n) is 3.85. The summed E-state index contributed by atoms with van der Waals surface area (Å²) in [7, 11) is 1.42. The average molecular weight is 297 g/mol. The molecule has 3 aromatic rings. The van der Waals surface area contributed by atoms with Crippen LogP contribution in [-0.4, -0.2) is 17.8 Å². The first kappa shape index (κ1) is 14.3. The lowest BCUT2D eigenvalue weighted by atomic mass is 10.1. The maximum atomic E-state index is 13.9. The molecule has 22 heavy (non-hydrogen) atoms. The Morgan fingerprint density at radius 2 is 2.05 bits per heavy atom. The van der Waals surface area contributed by atoms with Gasteiger partial charge in [-0.1, -0.05) is 19.1 Å². The highest BCUT2D eigenvalue weighted by Crippen LogP contribution is 2.30. The van der Waals surface area contributed by atoms with E-state index in [9.17, 15) is 9.18 Å². The van der Waals surface area contributed by atoms with Crippen LogP contribution in [0.5, 0.6) is 5.75 Å². The number of ether oxygens (including phenoxy) is 1. The monoisotopic (exact) mass is 297 g/mol. The molecule has 0 bridgehead atoms. The van der Waals surface area contributed by atoms with Gasteiger partial charge in [0, 0.05) is 17.3 Å². The summed E-state index contributed by atoms with van der Waals surface area (Å²) < 4.78 is 20.7. The Labute approximate surface area is 128 Å². The first-order valence-corrected chi connectivity index (χ1v) is 7.11. The smallest absolute Gasteiger partial charge is 0.167 e. The van der Waals surface area contributed by atoms with E-state index in [4.69, 9.17) is 4.74 Å². The third kappa shape index (κ3) is 2.26. The Hall–Kier alpha value is -2.62. The van der Waals surface area contributed by atoms with Gasteiger partial charge in [0.1, 0.15) is 0 Å². The number of aryl methyl sites for hydroxylation is 1. The number of benzene rings is 1. The van der Waals surface area contributed by atoms with E-state index < -0.39 is 5.82 Å². The normalized spacial score (nSPS) is 10.9. The summed E-state index contributed by atoms with van der Waals surface area (Å²) in [5, 5.41) is 0. The van der Waals surface area contributed by atoms with Gasteiger partial charge in [-0.3, -0.25) is 4.79 Å². The number of carbonyl (C=O) groups is 1. The van der Waals surface area contributed by atoms with Gasteiger partial charge in [-0.15, -0.1) is 0 Å². The number of fused-ring (bicyclic) bond motifs is 1. The Bertz CT molecular complexity index is 852. The number of hydrogen-bond acceptors (Lipinski definition) is 2. The van der Waals surface area contributed by atoms with Crippen molar-refractivity contribution in [2.45, 2.75) is 13.3 Å². The Morgan fingerprint density at radius 1 is 1.23 bits per heavy atom. The lowest BCUT2D eigenvalue weighted by Crippen LogP contribution is -1.95. The molecule has 0 aliphatic heterocycles. The fourth-order valence-corrected chi connectivity index (χ4v) is 2.63. The van der Waals surface area contributed by atoms with Gasteiger partial charge in [0.25, 0.3) is 0 Å². The fourth-order valence-electron chi connectivity index (χ4n) is 2.63. The molecule has 0 unspecified atom stereocenters. The van der Waals surface area contributed by atoms with Crippen molar-refractivity contribution in [3.8, 4) is 16.9 Å². The molecule has 3 rings (SSSR count). The predicted molar refractivity (Wildman–Crippen MR) is 84.1 cm³/mol. The molecular weight excluding hydrogens is 281 g/mol. The van der Waals surface area contributed by atoms with Crippen LogP contribution < -0.4 is 4.74 Å². The maximum absolute atomic E-state index is 13.9. The summed E-state index contributed by atoms with van der Waals surface area (Å²) in [6.07, 6.45) is 3.64. The van der Waals surface area contributed by atoms with Crippen LogP contribution in [0.4, 0.5) is 4.39 Å². The van der Waals surface area contributed by atoms with Crippen molar-refractivity contribution in [3.05, 3.63) is 59.7 Å². The van der Waals surface area contributed by atoms with Crippen LogP contribution >= 0.6 is 0 Å². The molecule has 0 fully saturated rings. The van der Waals surface area contributed by atoms with E-state index >= 15 is 0 Å². The van der Waals surface area contributed by atoms with Gasteiger partial charge in [0.15, 0.2) is 17.9 Å². The molecule has 3 nitrogen and oxygen atoms in total. The maximum Gasteiger partial charge on any atom is 0.167 e. The fraction of sp³-hybridized carbons (Fsp3) is 0.167. The van der Waals surface area contributed by atoms with E-state index in [1.807, 2.05) is 28.8 Å². The molecule has 112 valence electrons. The van der Waals surface area contributed by atoms with Crippen molar-refractivity contribution >= 4 is 11.8 Å². The molecule has 0 N–H and O–H groups in total. The molecule has 0 atom stereocenters. The van der Waals surface area contributed by atoms with Crippen molar-refractivity contribution in [2.24, 2.45) is 0 Å². The highest BCUT2D eigenvalue weighted by molar-refractivity contribution is 5.90. The zero-order valence-corrected chi connectivity index (χ0v) is 12.5. The number of halogens is 1. The largest absolute Gasteiger partial charge is 0.494 e. The molecule has 4 heteroatoms. The standard InChI is InChI=1S/C18H16FNO2/c1-3-12-4-6-14-9-15(17(11-21)20(14)10-12)13-5-7-18(22-2)16(19)8-13/h4-11H,3H2,1-2H3. The van der Waals surface area contributed by atoms with Gasteiger partial charge in [-0.05, 0) is 41.8 Å². The van der Waals surface area contributed by atoms with E-state index in [2.05, 4.69) is 6.92 Å². The molecule has 0 spiro atoms. The van der Waals surface area contributed by atoms with Crippen LogP contribution in [0, 0.1) is 5.82 Å². The molecule has 0 saturated heterocycles. The molecule has 0 amide bonds. The molecule has 2 heterocycles. The van der Waals surface area contributed by atoms with Crippen LogP contribution in [-0.2, 0) is 6.42 Å². The van der Waals surface area contributed by atoms with Gasteiger partial charge < -0.3 is 9.14 Å². The molecular formula is C18H16FNO2. The number of rotatable bonds is 4. The van der Waals surface area contributed by atoms with Crippen molar-refractivity contribution in [2.75, 3.05) is 7.11 Å². The van der Waals surface area contributed by atoms with Gasteiger partial charge >= 0.3 is 0 Å². The third-order valence-corrected chi connectivity index (χ3v) is 3.85. The Balaban J connectivity index is 2.22. The van der Waals surface area contributed by atoms with Crippen LogP contribution in [0.2, 0.25) is 0 Å². The minimum atomic E-state index is -0.443. The minimum absolute atomic E-state index is 0.188.